The van der Waals surface area contributed by atoms with E-state index in [2.05, 4.69) is 33.1 Å². The highest BCUT2D eigenvalue weighted by Gasteiger charge is 2.27. The molecule has 188 valence electrons. The number of carbonyl (C=O) groups is 1. The van der Waals surface area contributed by atoms with Crippen LogP contribution in [0.1, 0.15) is 11.1 Å². The third-order valence-corrected chi connectivity index (χ3v) is 7.77. The number of rotatable bonds is 10. The summed E-state index contributed by atoms with van der Waals surface area (Å²) in [6.07, 6.45) is 1.49. The van der Waals surface area contributed by atoms with E-state index in [0.717, 1.165) is 19.0 Å². The second-order valence-corrected chi connectivity index (χ2v) is 11.0. The monoisotopic (exact) mass is 625 g/mol. The van der Waals surface area contributed by atoms with E-state index >= 15 is 0 Å². The van der Waals surface area contributed by atoms with Gasteiger partial charge >= 0.3 is 0 Å². The number of halogens is 1. The minimum atomic E-state index is -3.97. The van der Waals surface area contributed by atoms with E-state index in [1.54, 1.807) is 42.5 Å². The Morgan fingerprint density at radius 1 is 0.865 bits per heavy atom. The van der Waals surface area contributed by atoms with Gasteiger partial charge in [0.1, 0.15) is 18.9 Å². The molecule has 0 fully saturated rings. The third kappa shape index (κ3) is 7.40. The Balaban J connectivity index is 1.39. The van der Waals surface area contributed by atoms with Gasteiger partial charge in [0.05, 0.1) is 16.8 Å². The third-order valence-electron chi connectivity index (χ3n) is 5.26. The Morgan fingerprint density at radius 2 is 1.49 bits per heavy atom. The SMILES string of the molecule is O=C(CN(c1ccc(I)cc1)S(=O)(=O)c1ccccc1)N/N=C\c1ccc(OCc2ccccc2)cc1. The van der Waals surface area contributed by atoms with E-state index < -0.39 is 22.5 Å². The molecule has 0 aliphatic rings. The summed E-state index contributed by atoms with van der Waals surface area (Å²) in [7, 11) is -3.97. The van der Waals surface area contributed by atoms with E-state index in [1.807, 2.05) is 54.6 Å². The molecule has 0 saturated carbocycles. The molecule has 4 rings (SSSR count). The number of ether oxygens (including phenoxy) is 1. The van der Waals surface area contributed by atoms with Crippen molar-refractivity contribution in [1.82, 2.24) is 5.43 Å². The quantitative estimate of drug-likeness (QED) is 0.149. The van der Waals surface area contributed by atoms with Crippen LogP contribution < -0.4 is 14.5 Å². The van der Waals surface area contributed by atoms with Crippen molar-refractivity contribution in [3.8, 4) is 5.75 Å². The summed E-state index contributed by atoms with van der Waals surface area (Å²) in [5.41, 5.74) is 4.63. The Hall–Kier alpha value is -3.70. The summed E-state index contributed by atoms with van der Waals surface area (Å²) in [6.45, 7) is 0.0364. The van der Waals surface area contributed by atoms with Crippen molar-refractivity contribution in [1.29, 1.82) is 0 Å². The van der Waals surface area contributed by atoms with Crippen molar-refractivity contribution in [2.45, 2.75) is 11.5 Å². The molecule has 0 aliphatic heterocycles. The zero-order chi connectivity index (χ0) is 26.1. The average molecular weight is 625 g/mol. The largest absolute Gasteiger partial charge is 0.489 e. The predicted octanol–water partition coefficient (Wildman–Crippen LogP) is 5.22. The first-order chi connectivity index (χ1) is 17.9. The smallest absolute Gasteiger partial charge is 0.264 e. The molecule has 0 saturated heterocycles. The minimum absolute atomic E-state index is 0.0967. The van der Waals surface area contributed by atoms with Crippen molar-refractivity contribution < 1.29 is 17.9 Å². The molecule has 7 nitrogen and oxygen atoms in total. The van der Waals surface area contributed by atoms with Gasteiger partial charge in [-0.05, 0) is 94.4 Å². The summed E-state index contributed by atoms with van der Waals surface area (Å²) in [4.78, 5) is 12.8. The van der Waals surface area contributed by atoms with Crippen molar-refractivity contribution in [2.24, 2.45) is 5.10 Å². The van der Waals surface area contributed by atoms with Gasteiger partial charge in [0, 0.05) is 3.57 Å². The molecular formula is C28H24IN3O4S. The van der Waals surface area contributed by atoms with Gasteiger partial charge < -0.3 is 4.74 Å². The minimum Gasteiger partial charge on any atom is -0.489 e. The van der Waals surface area contributed by atoms with Crippen LogP contribution in [-0.2, 0) is 21.4 Å². The highest BCUT2D eigenvalue weighted by molar-refractivity contribution is 14.1. The van der Waals surface area contributed by atoms with E-state index in [9.17, 15) is 13.2 Å². The topological polar surface area (TPSA) is 88.1 Å². The molecular weight excluding hydrogens is 601 g/mol. The van der Waals surface area contributed by atoms with Gasteiger partial charge in [-0.25, -0.2) is 13.8 Å². The molecule has 1 N–H and O–H groups in total. The van der Waals surface area contributed by atoms with Gasteiger partial charge in [-0.15, -0.1) is 0 Å². The second-order valence-electron chi connectivity index (χ2n) is 7.94. The maximum atomic E-state index is 13.3. The zero-order valence-corrected chi connectivity index (χ0v) is 22.7. The Kier molecular flexibility index (Phi) is 8.91. The summed E-state index contributed by atoms with van der Waals surface area (Å²) in [6, 6.07) is 32.0. The van der Waals surface area contributed by atoms with E-state index in [1.165, 1.54) is 18.3 Å². The van der Waals surface area contributed by atoms with Crippen LogP contribution in [0.15, 0.2) is 119 Å². The maximum absolute atomic E-state index is 13.3. The van der Waals surface area contributed by atoms with Crippen LogP contribution in [0, 0.1) is 3.57 Å². The fourth-order valence-corrected chi connectivity index (χ4v) is 5.18. The molecule has 0 radical (unpaired) electrons. The molecule has 9 heteroatoms. The summed E-state index contributed by atoms with van der Waals surface area (Å²) in [5, 5.41) is 3.99. The number of benzene rings is 4. The second kappa shape index (κ2) is 12.5. The predicted molar refractivity (Wildman–Crippen MR) is 153 cm³/mol. The fourth-order valence-electron chi connectivity index (χ4n) is 3.38. The summed E-state index contributed by atoms with van der Waals surface area (Å²) < 4.78 is 34.4. The molecule has 1 amide bonds. The van der Waals surface area contributed by atoms with Crippen LogP contribution in [-0.4, -0.2) is 27.1 Å². The molecule has 0 atom stereocenters. The lowest BCUT2D eigenvalue weighted by atomic mass is 10.2. The van der Waals surface area contributed by atoms with Crippen molar-refractivity contribution >= 4 is 50.4 Å². The molecule has 0 unspecified atom stereocenters. The van der Waals surface area contributed by atoms with Crippen molar-refractivity contribution in [3.63, 3.8) is 0 Å². The van der Waals surface area contributed by atoms with E-state index in [4.69, 9.17) is 4.74 Å². The molecule has 0 bridgehead atoms. The lowest BCUT2D eigenvalue weighted by Gasteiger charge is -2.23. The van der Waals surface area contributed by atoms with Crippen LogP contribution in [0.25, 0.3) is 0 Å². The van der Waals surface area contributed by atoms with E-state index in [-0.39, 0.29) is 4.90 Å². The molecule has 0 aliphatic carbocycles. The average Bonchev–Trinajstić information content (AvgIpc) is 2.93. The van der Waals surface area contributed by atoms with Crippen LogP contribution in [0.4, 0.5) is 5.69 Å². The number of hydrogen-bond donors (Lipinski definition) is 1. The number of nitrogens with zero attached hydrogens (tertiary/aromatic N) is 2. The molecule has 0 spiro atoms. The number of amides is 1. The van der Waals surface area contributed by atoms with E-state index in [0.29, 0.717) is 18.0 Å². The lowest BCUT2D eigenvalue weighted by molar-refractivity contribution is -0.119. The summed E-state index contributed by atoms with van der Waals surface area (Å²) >= 11 is 2.14. The first-order valence-electron chi connectivity index (χ1n) is 11.3. The molecule has 0 aromatic heterocycles. The van der Waals surface area contributed by atoms with Crippen molar-refractivity contribution in [2.75, 3.05) is 10.8 Å². The Labute approximate surface area is 230 Å². The highest BCUT2D eigenvalue weighted by atomic mass is 127. The van der Waals surface area contributed by atoms with Crippen molar-refractivity contribution in [3.05, 3.63) is 124 Å². The number of sulfonamides is 1. The summed E-state index contributed by atoms with van der Waals surface area (Å²) in [5.74, 6) is 0.140. The number of hydrogen-bond acceptors (Lipinski definition) is 5. The normalized spacial score (nSPS) is 11.3. The molecule has 4 aromatic rings. The van der Waals surface area contributed by atoms with Gasteiger partial charge in [0.15, 0.2) is 0 Å². The van der Waals surface area contributed by atoms with Gasteiger partial charge in [0.25, 0.3) is 15.9 Å². The number of anilines is 1. The Morgan fingerprint density at radius 3 is 2.14 bits per heavy atom. The molecule has 4 aromatic carbocycles. The first-order valence-corrected chi connectivity index (χ1v) is 13.9. The van der Waals surface area contributed by atoms with Crippen LogP contribution in [0.3, 0.4) is 0 Å². The number of carbonyl (C=O) groups excluding carboxylic acids is 1. The number of hydrazone groups is 1. The lowest BCUT2D eigenvalue weighted by Crippen LogP contribution is -2.39. The van der Waals surface area contributed by atoms with Gasteiger partial charge in [-0.1, -0.05) is 48.5 Å². The van der Waals surface area contributed by atoms with Crippen LogP contribution in [0.2, 0.25) is 0 Å². The number of nitrogens with one attached hydrogen (secondary N) is 1. The zero-order valence-electron chi connectivity index (χ0n) is 19.7. The Bertz CT molecular complexity index is 1450. The maximum Gasteiger partial charge on any atom is 0.264 e. The molecule has 37 heavy (non-hydrogen) atoms. The standard InChI is InChI=1S/C28H24IN3O4S/c29-24-13-15-25(16-14-24)32(37(34,35)27-9-5-2-6-10-27)20-28(33)31-30-19-22-11-17-26(18-12-22)36-21-23-7-3-1-4-8-23/h1-19H,20-21H2,(H,31,33)/b30-19-. The first kappa shape index (κ1) is 26.4. The van der Waals surface area contributed by atoms with Crippen LogP contribution in [0.5, 0.6) is 5.75 Å². The van der Waals surface area contributed by atoms with Gasteiger partial charge in [0.2, 0.25) is 0 Å². The fraction of sp³-hybridized carbons (Fsp3) is 0.0714. The van der Waals surface area contributed by atoms with Crippen LogP contribution >= 0.6 is 22.6 Å². The molecule has 0 heterocycles. The highest BCUT2D eigenvalue weighted by Crippen LogP contribution is 2.24. The van der Waals surface area contributed by atoms with Gasteiger partial charge in [-0.2, -0.15) is 5.10 Å². The van der Waals surface area contributed by atoms with Gasteiger partial charge in [-0.3, -0.25) is 9.10 Å².